The molecule has 38 heavy (non-hydrogen) atoms. The van der Waals surface area contributed by atoms with Gasteiger partial charge in [-0.25, -0.2) is 18.4 Å². The summed E-state index contributed by atoms with van der Waals surface area (Å²) in [6.07, 6.45) is 6.22. The average molecular weight is 596 g/mol. The van der Waals surface area contributed by atoms with Crippen molar-refractivity contribution in [3.63, 3.8) is 0 Å². The van der Waals surface area contributed by atoms with E-state index in [4.69, 9.17) is 27.9 Å². The van der Waals surface area contributed by atoms with Crippen molar-refractivity contribution in [1.82, 2.24) is 14.5 Å². The van der Waals surface area contributed by atoms with E-state index in [9.17, 15) is 17.8 Å². The van der Waals surface area contributed by atoms with Gasteiger partial charge in [0.1, 0.15) is 24.6 Å². The standard InChI is InChI=1S/C25H24Cl2N4O5S2/c1-25(2,3)36-24(32)15-31(38(34,35)20-11-17(26)10-18(27)12-20)19-5-6-21-16(9-19)7-8-30(21)22-13-29-23(14-28-22)37(4)33/h5-14H,15H2,1-4H3. The predicted molar refractivity (Wildman–Crippen MR) is 148 cm³/mol. The Bertz CT molecular complexity index is 1580. The molecule has 4 rings (SSSR count). The van der Waals surface area contributed by atoms with Crippen LogP contribution in [0.15, 0.2) is 71.0 Å². The molecule has 13 heteroatoms. The van der Waals surface area contributed by atoms with E-state index in [1.165, 1.54) is 36.8 Å². The molecule has 0 fully saturated rings. The highest BCUT2D eigenvalue weighted by molar-refractivity contribution is 7.93. The number of nitrogens with zero attached hydrogens (tertiary/aromatic N) is 4. The highest BCUT2D eigenvalue weighted by atomic mass is 35.5. The largest absolute Gasteiger partial charge is 0.610 e. The van der Waals surface area contributed by atoms with Crippen molar-refractivity contribution < 1.29 is 22.5 Å². The van der Waals surface area contributed by atoms with Gasteiger partial charge in [0.05, 0.1) is 22.3 Å². The first kappa shape index (κ1) is 28.2. The molecule has 0 saturated carbocycles. The number of hydrogen-bond acceptors (Lipinski definition) is 7. The quantitative estimate of drug-likeness (QED) is 0.218. The summed E-state index contributed by atoms with van der Waals surface area (Å²) in [5, 5.41) is 1.32. The van der Waals surface area contributed by atoms with E-state index in [0.29, 0.717) is 21.7 Å². The van der Waals surface area contributed by atoms with E-state index in [1.807, 2.05) is 0 Å². The van der Waals surface area contributed by atoms with Crippen LogP contribution in [0.2, 0.25) is 10.0 Å². The van der Waals surface area contributed by atoms with Gasteiger partial charge in [0.25, 0.3) is 15.0 Å². The summed E-state index contributed by atoms with van der Waals surface area (Å²) >= 11 is 10.9. The van der Waals surface area contributed by atoms with E-state index < -0.39 is 39.3 Å². The summed E-state index contributed by atoms with van der Waals surface area (Å²) in [6, 6.07) is 10.7. The summed E-state index contributed by atoms with van der Waals surface area (Å²) < 4.78 is 47.2. The SMILES string of the molecule is C[S+]([O-])c1cnc(-n2ccc3cc(N(CC(=O)OC(C)(C)C)S(=O)(=O)c4cc(Cl)cc(Cl)c4)ccc32)cn1. The Labute approximate surface area is 233 Å². The number of rotatable bonds is 7. The van der Waals surface area contributed by atoms with Crippen molar-refractivity contribution in [3.05, 3.63) is 71.1 Å². The van der Waals surface area contributed by atoms with Crippen LogP contribution in [0.1, 0.15) is 20.8 Å². The third kappa shape index (κ3) is 6.24. The topological polar surface area (TPSA) is 117 Å². The van der Waals surface area contributed by atoms with E-state index in [2.05, 4.69) is 9.97 Å². The monoisotopic (exact) mass is 594 g/mol. The Hall–Kier alpha value is -2.83. The molecule has 0 saturated heterocycles. The van der Waals surface area contributed by atoms with Gasteiger partial charge in [-0.3, -0.25) is 13.7 Å². The number of halogens is 2. The molecule has 200 valence electrons. The van der Waals surface area contributed by atoms with Crippen LogP contribution < -0.4 is 4.31 Å². The van der Waals surface area contributed by atoms with Gasteiger partial charge in [0.2, 0.25) is 0 Å². The van der Waals surface area contributed by atoms with Gasteiger partial charge < -0.3 is 9.29 Å². The normalized spacial score (nSPS) is 12.9. The molecule has 0 bridgehead atoms. The lowest BCUT2D eigenvalue weighted by molar-refractivity contribution is -0.152. The second-order valence-electron chi connectivity index (χ2n) is 9.30. The molecule has 0 amide bonds. The van der Waals surface area contributed by atoms with Gasteiger partial charge in [-0.15, -0.1) is 0 Å². The number of carbonyl (C=O) groups excluding carboxylic acids is 1. The summed E-state index contributed by atoms with van der Waals surface area (Å²) in [5.74, 6) is -0.232. The molecular formula is C25H24Cl2N4O5S2. The minimum Gasteiger partial charge on any atom is -0.610 e. The number of hydrogen-bond donors (Lipinski definition) is 0. The lowest BCUT2D eigenvalue weighted by Crippen LogP contribution is -2.39. The van der Waals surface area contributed by atoms with Gasteiger partial charge in [-0.1, -0.05) is 23.2 Å². The number of sulfonamides is 1. The van der Waals surface area contributed by atoms with Crippen LogP contribution in [0.25, 0.3) is 16.7 Å². The first-order valence-electron chi connectivity index (χ1n) is 11.2. The third-order valence-electron chi connectivity index (χ3n) is 5.23. The summed E-state index contributed by atoms with van der Waals surface area (Å²) in [7, 11) is -4.27. The van der Waals surface area contributed by atoms with Crippen molar-refractivity contribution in [2.24, 2.45) is 0 Å². The number of anilines is 1. The Morgan fingerprint density at radius 1 is 1.08 bits per heavy atom. The van der Waals surface area contributed by atoms with Crippen LogP contribution in [0.3, 0.4) is 0 Å². The first-order valence-corrected chi connectivity index (χ1v) is 15.0. The van der Waals surface area contributed by atoms with Gasteiger partial charge >= 0.3 is 5.97 Å². The molecule has 2 aromatic heterocycles. The van der Waals surface area contributed by atoms with E-state index in [0.717, 1.165) is 4.31 Å². The zero-order valence-electron chi connectivity index (χ0n) is 20.9. The smallest absolute Gasteiger partial charge is 0.327 e. The zero-order chi connectivity index (χ0) is 27.8. The second-order valence-corrected chi connectivity index (χ2v) is 13.4. The highest BCUT2D eigenvalue weighted by Crippen LogP contribution is 2.31. The van der Waals surface area contributed by atoms with Crippen LogP contribution in [0.4, 0.5) is 5.69 Å². The number of aromatic nitrogens is 3. The number of ether oxygens (including phenoxy) is 1. The molecule has 1 unspecified atom stereocenters. The fourth-order valence-corrected chi connectivity index (χ4v) is 6.21. The van der Waals surface area contributed by atoms with Gasteiger partial charge in [-0.05, 0) is 63.2 Å². The maximum atomic E-state index is 13.7. The lowest BCUT2D eigenvalue weighted by atomic mass is 10.2. The Morgan fingerprint density at radius 3 is 2.34 bits per heavy atom. The summed E-state index contributed by atoms with van der Waals surface area (Å²) in [6.45, 7) is 4.52. The number of carbonyl (C=O) groups is 1. The predicted octanol–water partition coefficient (Wildman–Crippen LogP) is 5.00. The first-order chi connectivity index (χ1) is 17.7. The molecule has 9 nitrogen and oxygen atoms in total. The molecule has 0 aliphatic rings. The molecular weight excluding hydrogens is 571 g/mol. The van der Waals surface area contributed by atoms with Gasteiger partial charge in [0.15, 0.2) is 5.82 Å². The molecule has 4 aromatic rings. The van der Waals surface area contributed by atoms with Crippen LogP contribution in [0.5, 0.6) is 0 Å². The number of benzene rings is 2. The van der Waals surface area contributed by atoms with E-state index in [-0.39, 0.29) is 20.6 Å². The number of fused-ring (bicyclic) bond motifs is 1. The zero-order valence-corrected chi connectivity index (χ0v) is 24.0. The fourth-order valence-electron chi connectivity index (χ4n) is 3.68. The molecule has 0 aliphatic heterocycles. The molecule has 0 aliphatic carbocycles. The van der Waals surface area contributed by atoms with Gasteiger partial charge in [-0.2, -0.15) is 0 Å². The Balaban J connectivity index is 1.78. The molecule has 0 radical (unpaired) electrons. The maximum Gasteiger partial charge on any atom is 0.327 e. The van der Waals surface area contributed by atoms with Crippen molar-refractivity contribution >= 4 is 67.0 Å². The van der Waals surface area contributed by atoms with Crippen molar-refractivity contribution in [3.8, 4) is 5.82 Å². The van der Waals surface area contributed by atoms with Crippen molar-refractivity contribution in [2.75, 3.05) is 17.1 Å². The third-order valence-corrected chi connectivity index (χ3v) is 8.22. The maximum absolute atomic E-state index is 13.7. The minimum absolute atomic E-state index is 0.139. The Morgan fingerprint density at radius 2 is 1.76 bits per heavy atom. The number of esters is 1. The summed E-state index contributed by atoms with van der Waals surface area (Å²) in [5.41, 5.74) is 0.141. The molecule has 1 atom stereocenters. The van der Waals surface area contributed by atoms with Crippen LogP contribution >= 0.6 is 23.2 Å². The van der Waals surface area contributed by atoms with Gasteiger partial charge in [0, 0.05) is 32.8 Å². The average Bonchev–Trinajstić information content (AvgIpc) is 3.24. The fraction of sp³-hybridized carbons (Fsp3) is 0.240. The van der Waals surface area contributed by atoms with Crippen LogP contribution in [-0.2, 0) is 30.7 Å². The van der Waals surface area contributed by atoms with Crippen molar-refractivity contribution in [2.45, 2.75) is 36.3 Å². The highest BCUT2D eigenvalue weighted by Gasteiger charge is 2.30. The lowest BCUT2D eigenvalue weighted by Gasteiger charge is -2.26. The molecule has 0 N–H and O–H groups in total. The second kappa shape index (κ2) is 10.7. The minimum atomic E-state index is -4.27. The van der Waals surface area contributed by atoms with Crippen LogP contribution in [0, 0.1) is 0 Å². The van der Waals surface area contributed by atoms with E-state index in [1.54, 1.807) is 55.8 Å². The van der Waals surface area contributed by atoms with Crippen molar-refractivity contribution in [1.29, 1.82) is 0 Å². The molecule has 0 spiro atoms. The van der Waals surface area contributed by atoms with E-state index >= 15 is 0 Å². The molecule has 2 heterocycles. The Kier molecular flexibility index (Phi) is 7.96. The van der Waals surface area contributed by atoms with Crippen LogP contribution in [-0.4, -0.2) is 51.9 Å². The summed E-state index contributed by atoms with van der Waals surface area (Å²) in [4.78, 5) is 21.1. The molecule has 2 aromatic carbocycles.